The van der Waals surface area contributed by atoms with Crippen LogP contribution < -0.4 is 0 Å². The number of ketones is 1. The number of esters is 1. The maximum atomic E-state index is 12.2. The number of carbonyl (C=O) groups is 2. The molecule has 0 N–H and O–H groups in total. The lowest BCUT2D eigenvalue weighted by Crippen LogP contribution is -2.32. The van der Waals surface area contributed by atoms with Gasteiger partial charge in [0.25, 0.3) is 0 Å². The van der Waals surface area contributed by atoms with Crippen molar-refractivity contribution in [2.24, 2.45) is 5.41 Å². The molecule has 0 bridgehead atoms. The second-order valence-corrected chi connectivity index (χ2v) is 5.37. The lowest BCUT2D eigenvalue weighted by Gasteiger charge is -2.25. The molecule has 0 aliphatic carbocycles. The molecule has 0 saturated heterocycles. The number of carbonyl (C=O) groups excluding carboxylic acids is 2. The Hall–Kier alpha value is -1.64. The zero-order valence-corrected chi connectivity index (χ0v) is 12.6. The van der Waals surface area contributed by atoms with Gasteiger partial charge in [0.05, 0.1) is 12.0 Å². The third kappa shape index (κ3) is 4.48. The molecule has 0 radical (unpaired) electrons. The molecule has 0 aliphatic heterocycles. The number of Topliss-reactive ketones (excluding diaryl/α,β-unsaturated/α-hetero) is 1. The quantitative estimate of drug-likeness (QED) is 0.409. The van der Waals surface area contributed by atoms with Crippen LogP contribution in [0, 0.1) is 5.41 Å². The fourth-order valence-corrected chi connectivity index (χ4v) is 1.91. The molecule has 3 heteroatoms. The highest BCUT2D eigenvalue weighted by atomic mass is 16.5. The van der Waals surface area contributed by atoms with Gasteiger partial charge in [-0.2, -0.15) is 0 Å². The lowest BCUT2D eigenvalue weighted by atomic mass is 9.81. The SMILES string of the molecule is CCCCOC(=O)[C@](C)(CC)CC(=O)c1ccccc1. The van der Waals surface area contributed by atoms with E-state index in [1.807, 2.05) is 39.0 Å². The minimum Gasteiger partial charge on any atom is -0.465 e. The summed E-state index contributed by atoms with van der Waals surface area (Å²) in [4.78, 5) is 24.4. The maximum absolute atomic E-state index is 12.2. The Labute approximate surface area is 121 Å². The van der Waals surface area contributed by atoms with Crippen LogP contribution >= 0.6 is 0 Å². The first-order valence-corrected chi connectivity index (χ1v) is 7.29. The molecule has 1 rings (SSSR count). The van der Waals surface area contributed by atoms with Gasteiger partial charge in [-0.25, -0.2) is 0 Å². The molecule has 0 heterocycles. The van der Waals surface area contributed by atoms with Crippen molar-refractivity contribution in [3.63, 3.8) is 0 Å². The fourth-order valence-electron chi connectivity index (χ4n) is 1.91. The zero-order chi connectivity index (χ0) is 15.0. The van der Waals surface area contributed by atoms with Crippen LogP contribution in [-0.2, 0) is 9.53 Å². The minimum absolute atomic E-state index is 0.0117. The Morgan fingerprint density at radius 3 is 2.35 bits per heavy atom. The first-order valence-electron chi connectivity index (χ1n) is 7.29. The van der Waals surface area contributed by atoms with E-state index in [0.29, 0.717) is 18.6 Å². The largest absolute Gasteiger partial charge is 0.465 e. The zero-order valence-electron chi connectivity index (χ0n) is 12.6. The Morgan fingerprint density at radius 1 is 1.15 bits per heavy atom. The summed E-state index contributed by atoms with van der Waals surface area (Å²) in [6.45, 7) is 6.21. The van der Waals surface area contributed by atoms with Crippen LogP contribution in [0.15, 0.2) is 30.3 Å². The van der Waals surface area contributed by atoms with Crippen molar-refractivity contribution in [1.29, 1.82) is 0 Å². The second kappa shape index (κ2) is 7.83. The Morgan fingerprint density at radius 2 is 1.80 bits per heavy atom. The number of unbranched alkanes of at least 4 members (excludes halogenated alkanes) is 1. The van der Waals surface area contributed by atoms with Crippen LogP contribution in [0.3, 0.4) is 0 Å². The van der Waals surface area contributed by atoms with Gasteiger partial charge in [-0.05, 0) is 19.8 Å². The molecular weight excluding hydrogens is 252 g/mol. The fraction of sp³-hybridized carbons (Fsp3) is 0.529. The van der Waals surface area contributed by atoms with E-state index in [-0.39, 0.29) is 18.2 Å². The third-order valence-corrected chi connectivity index (χ3v) is 3.65. The second-order valence-electron chi connectivity index (χ2n) is 5.37. The van der Waals surface area contributed by atoms with Gasteiger partial charge in [0, 0.05) is 12.0 Å². The normalized spacial score (nSPS) is 13.6. The molecule has 0 fully saturated rings. The van der Waals surface area contributed by atoms with Gasteiger partial charge in [-0.15, -0.1) is 0 Å². The van der Waals surface area contributed by atoms with E-state index >= 15 is 0 Å². The van der Waals surface area contributed by atoms with Crippen LogP contribution in [0.4, 0.5) is 0 Å². The van der Waals surface area contributed by atoms with Crippen molar-refractivity contribution < 1.29 is 14.3 Å². The Balaban J connectivity index is 2.69. The van der Waals surface area contributed by atoms with E-state index < -0.39 is 5.41 Å². The monoisotopic (exact) mass is 276 g/mol. The number of hydrogen-bond acceptors (Lipinski definition) is 3. The first-order chi connectivity index (χ1) is 9.53. The summed E-state index contributed by atoms with van der Waals surface area (Å²) in [5, 5.41) is 0. The van der Waals surface area contributed by atoms with Crippen molar-refractivity contribution in [2.75, 3.05) is 6.61 Å². The predicted octanol–water partition coefficient (Wildman–Crippen LogP) is 4.02. The van der Waals surface area contributed by atoms with Crippen molar-refractivity contribution in [3.8, 4) is 0 Å². The standard InChI is InChI=1S/C17H24O3/c1-4-6-12-20-16(19)17(3,5-2)13-15(18)14-10-8-7-9-11-14/h7-11H,4-6,12-13H2,1-3H3/t17-/m1/s1. The van der Waals surface area contributed by atoms with Gasteiger partial charge in [0.2, 0.25) is 0 Å². The molecular formula is C17H24O3. The minimum atomic E-state index is -0.735. The lowest BCUT2D eigenvalue weighted by molar-refractivity contribution is -0.155. The number of hydrogen-bond donors (Lipinski definition) is 0. The van der Waals surface area contributed by atoms with E-state index in [9.17, 15) is 9.59 Å². The predicted molar refractivity (Wildman–Crippen MR) is 79.7 cm³/mol. The summed E-state index contributed by atoms with van der Waals surface area (Å²) in [6, 6.07) is 9.09. The molecule has 0 spiro atoms. The van der Waals surface area contributed by atoms with Crippen molar-refractivity contribution in [1.82, 2.24) is 0 Å². The van der Waals surface area contributed by atoms with Crippen LogP contribution in [-0.4, -0.2) is 18.4 Å². The van der Waals surface area contributed by atoms with Gasteiger partial charge in [0.1, 0.15) is 0 Å². The molecule has 0 aromatic heterocycles. The molecule has 0 saturated carbocycles. The van der Waals surface area contributed by atoms with Crippen molar-refractivity contribution >= 4 is 11.8 Å². The van der Waals surface area contributed by atoms with Gasteiger partial charge in [0.15, 0.2) is 5.78 Å². The van der Waals surface area contributed by atoms with E-state index in [4.69, 9.17) is 4.74 Å². The Bertz CT molecular complexity index is 439. The van der Waals surface area contributed by atoms with E-state index in [1.165, 1.54) is 0 Å². The first kappa shape index (κ1) is 16.4. The molecule has 1 atom stereocenters. The molecule has 1 aromatic rings. The molecule has 110 valence electrons. The third-order valence-electron chi connectivity index (χ3n) is 3.65. The van der Waals surface area contributed by atoms with Crippen LogP contribution in [0.25, 0.3) is 0 Å². The highest BCUT2D eigenvalue weighted by Crippen LogP contribution is 2.29. The molecule has 1 aromatic carbocycles. The summed E-state index contributed by atoms with van der Waals surface area (Å²) in [5.41, 5.74) is -0.0887. The molecule has 3 nitrogen and oxygen atoms in total. The number of benzene rings is 1. The van der Waals surface area contributed by atoms with Crippen LogP contribution in [0.5, 0.6) is 0 Å². The van der Waals surface area contributed by atoms with Crippen LogP contribution in [0.2, 0.25) is 0 Å². The van der Waals surface area contributed by atoms with E-state index in [2.05, 4.69) is 0 Å². The molecule has 20 heavy (non-hydrogen) atoms. The average Bonchev–Trinajstić information content (AvgIpc) is 2.48. The summed E-state index contributed by atoms with van der Waals surface area (Å²) in [5.74, 6) is -0.278. The Kier molecular flexibility index (Phi) is 6.43. The topological polar surface area (TPSA) is 43.4 Å². The van der Waals surface area contributed by atoms with Gasteiger partial charge < -0.3 is 4.74 Å². The van der Waals surface area contributed by atoms with E-state index in [1.54, 1.807) is 12.1 Å². The van der Waals surface area contributed by atoms with Crippen molar-refractivity contribution in [3.05, 3.63) is 35.9 Å². The highest BCUT2D eigenvalue weighted by molar-refractivity contribution is 5.98. The maximum Gasteiger partial charge on any atom is 0.312 e. The summed E-state index contributed by atoms with van der Waals surface area (Å²) < 4.78 is 5.28. The molecule has 0 unspecified atom stereocenters. The van der Waals surface area contributed by atoms with Gasteiger partial charge in [-0.1, -0.05) is 50.6 Å². The van der Waals surface area contributed by atoms with Gasteiger partial charge in [-0.3, -0.25) is 9.59 Å². The molecule has 0 amide bonds. The highest BCUT2D eigenvalue weighted by Gasteiger charge is 2.35. The number of rotatable bonds is 8. The summed E-state index contributed by atoms with van der Waals surface area (Å²) >= 11 is 0. The molecule has 0 aliphatic rings. The number of ether oxygens (including phenoxy) is 1. The summed E-state index contributed by atoms with van der Waals surface area (Å²) in [7, 11) is 0. The van der Waals surface area contributed by atoms with Crippen molar-refractivity contribution in [2.45, 2.75) is 46.5 Å². The van der Waals surface area contributed by atoms with Gasteiger partial charge >= 0.3 is 5.97 Å². The average molecular weight is 276 g/mol. The van der Waals surface area contributed by atoms with E-state index in [0.717, 1.165) is 12.8 Å². The summed E-state index contributed by atoms with van der Waals surface area (Å²) in [6.07, 6.45) is 2.63. The smallest absolute Gasteiger partial charge is 0.312 e. The van der Waals surface area contributed by atoms with Crippen LogP contribution in [0.1, 0.15) is 56.8 Å².